The minimum Gasteiger partial charge on any atom is -0.497 e. The molecule has 1 aromatic rings. The Morgan fingerprint density at radius 3 is 2.48 bits per heavy atom. The van der Waals surface area contributed by atoms with E-state index in [4.69, 9.17) is 21.7 Å². The Labute approximate surface area is 144 Å². The Hall–Kier alpha value is -1.37. The van der Waals surface area contributed by atoms with E-state index in [2.05, 4.69) is 27.7 Å². The smallest absolute Gasteiger partial charge is 0.166 e. The molecule has 1 aliphatic rings. The molecule has 0 spiro atoms. The van der Waals surface area contributed by atoms with E-state index in [0.717, 1.165) is 31.9 Å². The van der Waals surface area contributed by atoms with Gasteiger partial charge in [-0.1, -0.05) is 12.1 Å². The molecule has 128 valence electrons. The van der Waals surface area contributed by atoms with Crippen molar-refractivity contribution in [3.8, 4) is 5.75 Å². The van der Waals surface area contributed by atoms with E-state index in [-0.39, 0.29) is 0 Å². The predicted octanol–water partition coefficient (Wildman–Crippen LogP) is 1.94. The quantitative estimate of drug-likeness (QED) is 0.558. The van der Waals surface area contributed by atoms with Gasteiger partial charge in [-0.05, 0) is 55.8 Å². The molecule has 5 nitrogen and oxygen atoms in total. The summed E-state index contributed by atoms with van der Waals surface area (Å²) >= 11 is 5.33. The monoisotopic (exact) mass is 337 g/mol. The zero-order chi connectivity index (χ0) is 16.5. The lowest BCUT2D eigenvalue weighted by molar-refractivity contribution is 0.203. The molecular formula is C17H27N3O2S. The van der Waals surface area contributed by atoms with E-state index in [1.807, 2.05) is 12.1 Å². The number of methoxy groups -OCH3 is 2. The summed E-state index contributed by atoms with van der Waals surface area (Å²) in [6.45, 7) is 4.45. The molecule has 2 N–H and O–H groups in total. The lowest BCUT2D eigenvalue weighted by Gasteiger charge is -2.29. The Morgan fingerprint density at radius 1 is 1.17 bits per heavy atom. The summed E-state index contributed by atoms with van der Waals surface area (Å²) in [7, 11) is 3.38. The van der Waals surface area contributed by atoms with Gasteiger partial charge in [0, 0.05) is 20.2 Å². The van der Waals surface area contributed by atoms with Gasteiger partial charge in [-0.25, -0.2) is 0 Å². The van der Waals surface area contributed by atoms with Crippen molar-refractivity contribution in [2.45, 2.75) is 18.9 Å². The van der Waals surface area contributed by atoms with E-state index in [9.17, 15) is 0 Å². The third kappa shape index (κ3) is 5.64. The zero-order valence-corrected chi connectivity index (χ0v) is 14.8. The molecule has 0 aromatic heterocycles. The molecule has 0 bridgehead atoms. The summed E-state index contributed by atoms with van der Waals surface area (Å²) in [5.41, 5.74) is 1.29. The van der Waals surface area contributed by atoms with Gasteiger partial charge in [0.2, 0.25) is 0 Å². The summed E-state index contributed by atoms with van der Waals surface area (Å²) in [4.78, 5) is 2.52. The lowest BCUT2D eigenvalue weighted by Crippen LogP contribution is -2.42. The second-order valence-electron chi connectivity index (χ2n) is 5.66. The van der Waals surface area contributed by atoms with E-state index < -0.39 is 0 Å². The summed E-state index contributed by atoms with van der Waals surface area (Å²) in [5.74, 6) is 0.888. The van der Waals surface area contributed by atoms with Crippen LogP contribution in [-0.2, 0) is 4.74 Å². The number of ether oxygens (including phenoxy) is 2. The van der Waals surface area contributed by atoms with Gasteiger partial charge in [0.05, 0.1) is 19.8 Å². The van der Waals surface area contributed by atoms with Crippen molar-refractivity contribution < 1.29 is 9.47 Å². The highest BCUT2D eigenvalue weighted by atomic mass is 32.1. The summed E-state index contributed by atoms with van der Waals surface area (Å²) in [6, 6.07) is 8.65. The molecule has 1 aromatic carbocycles. The van der Waals surface area contributed by atoms with Gasteiger partial charge in [-0.3, -0.25) is 4.90 Å². The standard InChI is InChI=1S/C17H27N3O2S/c1-21-12-9-18-17(23)19-13-16(20-10-3-4-11-20)14-5-7-15(22-2)8-6-14/h5-8,16H,3-4,9-13H2,1-2H3,(H2,18,19,23). The summed E-state index contributed by atoms with van der Waals surface area (Å²) < 4.78 is 10.3. The highest BCUT2D eigenvalue weighted by molar-refractivity contribution is 7.80. The predicted molar refractivity (Wildman–Crippen MR) is 97.0 cm³/mol. The van der Waals surface area contributed by atoms with Crippen molar-refractivity contribution in [2.24, 2.45) is 0 Å². The second kappa shape index (κ2) is 9.70. The van der Waals surface area contributed by atoms with Crippen LogP contribution in [0.3, 0.4) is 0 Å². The normalized spacial score (nSPS) is 16.1. The summed E-state index contributed by atoms with van der Waals surface area (Å²) in [5, 5.41) is 7.17. The maximum atomic E-state index is 5.33. The van der Waals surface area contributed by atoms with Crippen molar-refractivity contribution in [3.05, 3.63) is 29.8 Å². The van der Waals surface area contributed by atoms with Gasteiger partial charge in [0.15, 0.2) is 5.11 Å². The highest BCUT2D eigenvalue weighted by Crippen LogP contribution is 2.26. The first-order chi connectivity index (χ1) is 11.2. The van der Waals surface area contributed by atoms with Crippen molar-refractivity contribution in [1.29, 1.82) is 0 Å². The van der Waals surface area contributed by atoms with E-state index in [1.54, 1.807) is 14.2 Å². The molecule has 1 saturated heterocycles. The van der Waals surface area contributed by atoms with Crippen molar-refractivity contribution >= 4 is 17.3 Å². The number of hydrogen-bond acceptors (Lipinski definition) is 4. The molecule has 0 amide bonds. The Morgan fingerprint density at radius 2 is 1.87 bits per heavy atom. The third-order valence-electron chi connectivity index (χ3n) is 4.13. The average molecular weight is 337 g/mol. The van der Waals surface area contributed by atoms with Crippen molar-refractivity contribution in [1.82, 2.24) is 15.5 Å². The molecule has 1 fully saturated rings. The van der Waals surface area contributed by atoms with Crippen LogP contribution in [0.1, 0.15) is 24.4 Å². The number of nitrogens with one attached hydrogen (secondary N) is 2. The molecule has 6 heteroatoms. The lowest BCUT2D eigenvalue weighted by atomic mass is 10.1. The average Bonchev–Trinajstić information content (AvgIpc) is 3.10. The first-order valence-electron chi connectivity index (χ1n) is 8.13. The number of likely N-dealkylation sites (tertiary alicyclic amines) is 1. The van der Waals surface area contributed by atoms with E-state index in [0.29, 0.717) is 17.8 Å². The van der Waals surface area contributed by atoms with Gasteiger partial charge in [0.1, 0.15) is 5.75 Å². The molecule has 1 heterocycles. The molecule has 2 rings (SSSR count). The SMILES string of the molecule is COCCNC(=S)NCC(c1ccc(OC)cc1)N1CCCC1. The molecule has 0 radical (unpaired) electrons. The van der Waals surface area contributed by atoms with Crippen LogP contribution in [0.15, 0.2) is 24.3 Å². The fraction of sp³-hybridized carbons (Fsp3) is 0.588. The van der Waals surface area contributed by atoms with Crippen molar-refractivity contribution in [2.75, 3.05) is 47.0 Å². The van der Waals surface area contributed by atoms with Gasteiger partial charge in [-0.15, -0.1) is 0 Å². The molecule has 1 atom stereocenters. The highest BCUT2D eigenvalue weighted by Gasteiger charge is 2.23. The second-order valence-corrected chi connectivity index (χ2v) is 6.07. The van der Waals surface area contributed by atoms with Crippen LogP contribution in [0.2, 0.25) is 0 Å². The van der Waals surface area contributed by atoms with Crippen LogP contribution >= 0.6 is 12.2 Å². The molecule has 23 heavy (non-hydrogen) atoms. The summed E-state index contributed by atoms with van der Waals surface area (Å²) in [6.07, 6.45) is 2.53. The van der Waals surface area contributed by atoms with Crippen molar-refractivity contribution in [3.63, 3.8) is 0 Å². The van der Waals surface area contributed by atoms with E-state index in [1.165, 1.54) is 18.4 Å². The fourth-order valence-corrected chi connectivity index (χ4v) is 3.04. The third-order valence-corrected chi connectivity index (χ3v) is 4.42. The molecule has 0 aliphatic carbocycles. The largest absolute Gasteiger partial charge is 0.497 e. The first-order valence-corrected chi connectivity index (χ1v) is 8.54. The minimum absolute atomic E-state index is 0.325. The van der Waals surface area contributed by atoms with Crippen LogP contribution in [0.4, 0.5) is 0 Å². The zero-order valence-electron chi connectivity index (χ0n) is 14.0. The molecular weight excluding hydrogens is 310 g/mol. The Kier molecular flexibility index (Phi) is 7.58. The number of hydrogen-bond donors (Lipinski definition) is 2. The molecule has 0 saturated carbocycles. The molecule has 1 aliphatic heterocycles. The van der Waals surface area contributed by atoms with Gasteiger partial charge in [0.25, 0.3) is 0 Å². The first kappa shape index (κ1) is 18.0. The van der Waals surface area contributed by atoms with Crippen LogP contribution < -0.4 is 15.4 Å². The number of benzene rings is 1. The topological polar surface area (TPSA) is 45.8 Å². The van der Waals surface area contributed by atoms with E-state index >= 15 is 0 Å². The molecule has 1 unspecified atom stereocenters. The van der Waals surface area contributed by atoms with Crippen LogP contribution in [0.25, 0.3) is 0 Å². The Balaban J connectivity index is 1.95. The number of nitrogens with zero attached hydrogens (tertiary/aromatic N) is 1. The number of rotatable bonds is 8. The van der Waals surface area contributed by atoms with Crippen LogP contribution in [0.5, 0.6) is 5.75 Å². The minimum atomic E-state index is 0.325. The van der Waals surface area contributed by atoms with Gasteiger partial charge < -0.3 is 20.1 Å². The van der Waals surface area contributed by atoms with Crippen LogP contribution in [0, 0.1) is 0 Å². The maximum Gasteiger partial charge on any atom is 0.166 e. The van der Waals surface area contributed by atoms with Gasteiger partial charge in [-0.2, -0.15) is 0 Å². The maximum absolute atomic E-state index is 5.33. The van der Waals surface area contributed by atoms with Crippen LogP contribution in [-0.4, -0.2) is 57.0 Å². The van der Waals surface area contributed by atoms with Gasteiger partial charge >= 0.3 is 0 Å². The number of thiocarbonyl (C=S) groups is 1. The fourth-order valence-electron chi connectivity index (χ4n) is 2.86. The Bertz CT molecular complexity index is 475.